The lowest BCUT2D eigenvalue weighted by Crippen LogP contribution is -3.12. The van der Waals surface area contributed by atoms with Crippen molar-refractivity contribution in [2.75, 3.05) is 45.2 Å². The van der Waals surface area contributed by atoms with E-state index >= 15 is 0 Å². The second kappa shape index (κ2) is 7.60. The Kier molecular flexibility index (Phi) is 5.23. The van der Waals surface area contributed by atoms with Crippen LogP contribution in [-0.4, -0.2) is 55.7 Å². The number of nitriles is 1. The molecule has 1 aliphatic heterocycles. The lowest BCUT2D eigenvalue weighted by atomic mass is 10.1. The first-order chi connectivity index (χ1) is 13.0. The number of nitrogens with zero attached hydrogens (tertiary/aromatic N) is 4. The first-order valence-electron chi connectivity index (χ1n) is 8.74. The number of esters is 1. The zero-order valence-electron chi connectivity index (χ0n) is 15.7. The molecule has 3 rings (SSSR count). The van der Waals surface area contributed by atoms with Gasteiger partial charge in [-0.2, -0.15) is 5.26 Å². The van der Waals surface area contributed by atoms with Gasteiger partial charge in [0.2, 0.25) is 0 Å². The molecule has 2 aromatic heterocycles. The molecule has 1 aliphatic rings. The molecule has 8 nitrogen and oxygen atoms in total. The number of nitrogens with one attached hydrogen (secondary N) is 1. The van der Waals surface area contributed by atoms with Gasteiger partial charge in [-0.3, -0.25) is 9.20 Å². The van der Waals surface area contributed by atoms with Gasteiger partial charge in [-0.1, -0.05) is 6.07 Å². The van der Waals surface area contributed by atoms with Crippen molar-refractivity contribution < 1.29 is 14.4 Å². The topological polar surface area (TPSA) is 92.1 Å². The van der Waals surface area contributed by atoms with Gasteiger partial charge in [-0.25, -0.2) is 9.78 Å². The van der Waals surface area contributed by atoms with E-state index in [1.807, 2.05) is 24.0 Å². The highest BCUT2D eigenvalue weighted by Gasteiger charge is 2.24. The minimum absolute atomic E-state index is 0.222. The third-order valence-corrected chi connectivity index (χ3v) is 4.80. The Hall–Kier alpha value is -3.18. The molecule has 0 amide bonds. The number of carbonyl (C=O) groups excluding carboxylic acids is 1. The average Bonchev–Trinajstić information content (AvgIpc) is 2.68. The zero-order chi connectivity index (χ0) is 19.6. The van der Waals surface area contributed by atoms with Crippen LogP contribution in [0.3, 0.4) is 0 Å². The molecule has 1 fully saturated rings. The van der Waals surface area contributed by atoms with Crippen molar-refractivity contribution in [2.45, 2.75) is 6.92 Å². The summed E-state index contributed by atoms with van der Waals surface area (Å²) in [5, 5.41) is 9.31. The number of aromatic nitrogens is 2. The van der Waals surface area contributed by atoms with E-state index in [-0.39, 0.29) is 16.7 Å². The first kappa shape index (κ1) is 18.6. The van der Waals surface area contributed by atoms with Crippen LogP contribution in [0.15, 0.2) is 28.7 Å². The van der Waals surface area contributed by atoms with Gasteiger partial charge in [0.05, 0.1) is 45.9 Å². The maximum atomic E-state index is 13.2. The number of ether oxygens (including phenoxy) is 1. The number of piperazine rings is 1. The van der Waals surface area contributed by atoms with E-state index < -0.39 is 5.97 Å². The summed E-state index contributed by atoms with van der Waals surface area (Å²) >= 11 is 0. The Bertz CT molecular complexity index is 1010. The van der Waals surface area contributed by atoms with E-state index in [1.54, 1.807) is 12.3 Å². The number of anilines is 1. The Morgan fingerprint density at radius 1 is 1.41 bits per heavy atom. The fourth-order valence-electron chi connectivity index (χ4n) is 3.16. The molecule has 8 heteroatoms. The number of likely N-dealkylation sites (N-methyl/N-ethyl adjacent to an activating group) is 1. The minimum Gasteiger partial charge on any atom is -0.465 e. The van der Waals surface area contributed by atoms with Gasteiger partial charge in [0.25, 0.3) is 5.56 Å². The standard InChI is InChI=1S/C19H21N5O3/c1-13-5-4-6-24-16(13)21-17(23-9-7-22(2)8-10-23)15(18(24)25)11-14(12-20)19(26)27-3/h4-6,11H,7-10H2,1-3H3/p+1/b14-11+. The van der Waals surface area contributed by atoms with Crippen molar-refractivity contribution in [3.63, 3.8) is 0 Å². The summed E-state index contributed by atoms with van der Waals surface area (Å²) in [7, 11) is 3.32. The van der Waals surface area contributed by atoms with Crippen LogP contribution in [0.25, 0.3) is 11.7 Å². The molecular formula is C19H22N5O3+. The summed E-state index contributed by atoms with van der Waals surface area (Å²) in [4.78, 5) is 33.2. The molecule has 0 aromatic carbocycles. The van der Waals surface area contributed by atoms with Crippen molar-refractivity contribution in [1.29, 1.82) is 5.26 Å². The second-order valence-electron chi connectivity index (χ2n) is 6.64. The van der Waals surface area contributed by atoms with Crippen LogP contribution in [0.1, 0.15) is 11.1 Å². The second-order valence-corrected chi connectivity index (χ2v) is 6.64. The molecule has 27 heavy (non-hydrogen) atoms. The summed E-state index contributed by atoms with van der Waals surface area (Å²) in [5.41, 5.74) is 1.11. The fourth-order valence-corrected chi connectivity index (χ4v) is 3.16. The highest BCUT2D eigenvalue weighted by Crippen LogP contribution is 2.20. The third-order valence-electron chi connectivity index (χ3n) is 4.80. The van der Waals surface area contributed by atoms with E-state index in [9.17, 15) is 14.9 Å². The number of methoxy groups -OCH3 is 1. The first-order valence-corrected chi connectivity index (χ1v) is 8.74. The minimum atomic E-state index is -0.778. The van der Waals surface area contributed by atoms with E-state index in [0.29, 0.717) is 11.5 Å². The molecule has 0 spiro atoms. The van der Waals surface area contributed by atoms with Crippen molar-refractivity contribution in [3.05, 3.63) is 45.4 Å². The molecular weight excluding hydrogens is 346 g/mol. The molecule has 140 valence electrons. The lowest BCUT2D eigenvalue weighted by Gasteiger charge is -2.31. The summed E-state index contributed by atoms with van der Waals surface area (Å²) in [6.07, 6.45) is 2.92. The molecule has 1 saturated heterocycles. The van der Waals surface area contributed by atoms with Crippen molar-refractivity contribution in [1.82, 2.24) is 9.38 Å². The summed E-state index contributed by atoms with van der Waals surface area (Å²) in [6, 6.07) is 5.47. The molecule has 0 unspecified atom stereocenters. The summed E-state index contributed by atoms with van der Waals surface area (Å²) in [6.45, 7) is 5.20. The van der Waals surface area contributed by atoms with E-state index in [4.69, 9.17) is 4.98 Å². The highest BCUT2D eigenvalue weighted by molar-refractivity contribution is 5.98. The predicted octanol–water partition coefficient (Wildman–Crippen LogP) is -0.582. The van der Waals surface area contributed by atoms with Crippen LogP contribution >= 0.6 is 0 Å². The molecule has 0 aliphatic carbocycles. The normalized spacial score (nSPS) is 15.6. The smallest absolute Gasteiger partial charge is 0.348 e. The zero-order valence-corrected chi connectivity index (χ0v) is 15.7. The molecule has 2 aromatic rings. The maximum Gasteiger partial charge on any atom is 0.348 e. The van der Waals surface area contributed by atoms with Gasteiger partial charge in [0.15, 0.2) is 0 Å². The van der Waals surface area contributed by atoms with E-state index in [0.717, 1.165) is 31.7 Å². The SMILES string of the molecule is COC(=O)/C(C#N)=C/c1c(N2CC[NH+](C)CC2)nc2c(C)cccn2c1=O. The number of hydrogen-bond donors (Lipinski definition) is 1. The number of rotatable bonds is 3. The van der Waals surface area contributed by atoms with E-state index in [1.165, 1.54) is 22.5 Å². The Morgan fingerprint density at radius 2 is 2.11 bits per heavy atom. The van der Waals surface area contributed by atoms with Crippen LogP contribution in [-0.2, 0) is 9.53 Å². The maximum absolute atomic E-state index is 13.2. The van der Waals surface area contributed by atoms with Gasteiger partial charge < -0.3 is 14.5 Å². The van der Waals surface area contributed by atoms with Gasteiger partial charge in [-0.15, -0.1) is 0 Å². The molecule has 0 saturated carbocycles. The van der Waals surface area contributed by atoms with Crippen molar-refractivity contribution in [2.24, 2.45) is 0 Å². The van der Waals surface area contributed by atoms with Crippen LogP contribution in [0.5, 0.6) is 0 Å². The Balaban J connectivity index is 2.26. The van der Waals surface area contributed by atoms with Crippen molar-refractivity contribution >= 4 is 23.5 Å². The molecule has 1 N–H and O–H groups in total. The summed E-state index contributed by atoms with van der Waals surface area (Å²) < 4.78 is 6.09. The number of carbonyl (C=O) groups is 1. The Labute approximate surface area is 156 Å². The highest BCUT2D eigenvalue weighted by atomic mass is 16.5. The van der Waals surface area contributed by atoms with Crippen LogP contribution in [0.2, 0.25) is 0 Å². The third kappa shape index (κ3) is 3.55. The van der Waals surface area contributed by atoms with Gasteiger partial charge >= 0.3 is 5.97 Å². The van der Waals surface area contributed by atoms with Crippen LogP contribution in [0.4, 0.5) is 5.82 Å². The number of quaternary nitrogens is 1. The number of aryl methyl sites for hydroxylation is 1. The molecule has 0 radical (unpaired) electrons. The monoisotopic (exact) mass is 368 g/mol. The Morgan fingerprint density at radius 3 is 2.74 bits per heavy atom. The average molecular weight is 368 g/mol. The van der Waals surface area contributed by atoms with E-state index in [2.05, 4.69) is 11.8 Å². The number of pyridine rings is 1. The predicted molar refractivity (Wildman–Crippen MR) is 101 cm³/mol. The quantitative estimate of drug-likeness (QED) is 0.443. The molecule has 3 heterocycles. The molecule has 0 bridgehead atoms. The van der Waals surface area contributed by atoms with Crippen molar-refractivity contribution in [3.8, 4) is 6.07 Å². The lowest BCUT2D eigenvalue weighted by molar-refractivity contribution is -0.880. The van der Waals surface area contributed by atoms with Gasteiger partial charge in [-0.05, 0) is 24.6 Å². The van der Waals surface area contributed by atoms with Crippen LogP contribution in [0, 0.1) is 18.3 Å². The number of fused-ring (bicyclic) bond motifs is 1. The van der Waals surface area contributed by atoms with Gasteiger partial charge in [0, 0.05) is 6.20 Å². The van der Waals surface area contributed by atoms with Crippen LogP contribution < -0.4 is 15.4 Å². The summed E-state index contributed by atoms with van der Waals surface area (Å²) in [5.74, 6) is -0.279. The fraction of sp³-hybridized carbons (Fsp3) is 0.368. The number of hydrogen-bond acceptors (Lipinski definition) is 6. The van der Waals surface area contributed by atoms with Gasteiger partial charge in [0.1, 0.15) is 23.1 Å². The largest absolute Gasteiger partial charge is 0.465 e. The molecule has 0 atom stereocenters.